The van der Waals surface area contributed by atoms with Crippen LogP contribution in [0.4, 0.5) is 4.79 Å². The summed E-state index contributed by atoms with van der Waals surface area (Å²) in [5.41, 5.74) is 1.83. The molecular weight excluding hydrogens is 320 g/mol. The Kier molecular flexibility index (Phi) is 6.80. The lowest BCUT2D eigenvalue weighted by atomic mass is 9.98. The maximum absolute atomic E-state index is 12.3. The molecule has 0 fully saturated rings. The number of carbonyl (C=O) groups is 2. The third kappa shape index (κ3) is 5.20. The highest BCUT2D eigenvalue weighted by Crippen LogP contribution is 2.24. The SMILES string of the molecule is CCOC(=O)NCCC(=O)N[C@H](c1nc2ccccc2[nH]1)[C@H](C)CC. The molecule has 0 saturated heterocycles. The van der Waals surface area contributed by atoms with Gasteiger partial charge in [0.25, 0.3) is 0 Å². The Morgan fingerprint density at radius 2 is 2.04 bits per heavy atom. The van der Waals surface area contributed by atoms with E-state index in [4.69, 9.17) is 4.74 Å². The molecule has 0 unspecified atom stereocenters. The number of aromatic nitrogens is 2. The van der Waals surface area contributed by atoms with Crippen LogP contribution in [0.2, 0.25) is 0 Å². The van der Waals surface area contributed by atoms with Gasteiger partial charge in [-0.05, 0) is 25.0 Å². The first-order valence-electron chi connectivity index (χ1n) is 8.69. The number of H-pyrrole nitrogens is 1. The zero-order valence-electron chi connectivity index (χ0n) is 15.0. The van der Waals surface area contributed by atoms with Gasteiger partial charge in [0, 0.05) is 13.0 Å². The van der Waals surface area contributed by atoms with E-state index in [9.17, 15) is 9.59 Å². The maximum Gasteiger partial charge on any atom is 0.407 e. The summed E-state index contributed by atoms with van der Waals surface area (Å²) < 4.78 is 4.77. The molecule has 0 bridgehead atoms. The lowest BCUT2D eigenvalue weighted by molar-refractivity contribution is -0.122. The smallest absolute Gasteiger partial charge is 0.407 e. The van der Waals surface area contributed by atoms with Crippen molar-refractivity contribution in [2.45, 2.75) is 39.7 Å². The van der Waals surface area contributed by atoms with Crippen LogP contribution in [0.1, 0.15) is 45.5 Å². The summed E-state index contributed by atoms with van der Waals surface area (Å²) in [4.78, 5) is 31.4. The van der Waals surface area contributed by atoms with Gasteiger partial charge in [0.2, 0.25) is 5.91 Å². The number of alkyl carbamates (subject to hydrolysis) is 1. The fraction of sp³-hybridized carbons (Fsp3) is 0.500. The fourth-order valence-electron chi connectivity index (χ4n) is 2.54. The number of para-hydroxylation sites is 2. The van der Waals surface area contributed by atoms with E-state index < -0.39 is 6.09 Å². The van der Waals surface area contributed by atoms with Crippen LogP contribution in [-0.4, -0.2) is 35.1 Å². The predicted molar refractivity (Wildman–Crippen MR) is 96.1 cm³/mol. The van der Waals surface area contributed by atoms with Crippen molar-refractivity contribution in [3.63, 3.8) is 0 Å². The molecule has 3 N–H and O–H groups in total. The second kappa shape index (κ2) is 9.05. The molecule has 0 spiro atoms. The van der Waals surface area contributed by atoms with Crippen molar-refractivity contribution in [1.29, 1.82) is 0 Å². The number of nitrogens with one attached hydrogen (secondary N) is 3. The third-order valence-electron chi connectivity index (χ3n) is 4.13. The number of benzene rings is 1. The molecule has 0 aliphatic rings. The van der Waals surface area contributed by atoms with Crippen LogP contribution in [-0.2, 0) is 9.53 Å². The van der Waals surface area contributed by atoms with Gasteiger partial charge in [0.05, 0.1) is 23.7 Å². The first kappa shape index (κ1) is 18.8. The van der Waals surface area contributed by atoms with E-state index in [2.05, 4.69) is 34.4 Å². The minimum atomic E-state index is -0.508. The quantitative estimate of drug-likeness (QED) is 0.685. The summed E-state index contributed by atoms with van der Waals surface area (Å²) in [5, 5.41) is 5.57. The molecule has 2 amide bonds. The van der Waals surface area contributed by atoms with Crippen molar-refractivity contribution in [3.8, 4) is 0 Å². The van der Waals surface area contributed by atoms with Crippen LogP contribution in [0, 0.1) is 5.92 Å². The summed E-state index contributed by atoms with van der Waals surface area (Å²) in [5.74, 6) is 0.840. The molecule has 1 aromatic heterocycles. The van der Waals surface area contributed by atoms with E-state index in [0.717, 1.165) is 23.3 Å². The van der Waals surface area contributed by atoms with Gasteiger partial charge < -0.3 is 20.4 Å². The topological polar surface area (TPSA) is 96.1 Å². The number of nitrogens with zero attached hydrogens (tertiary/aromatic N) is 1. The minimum absolute atomic E-state index is 0.137. The lowest BCUT2D eigenvalue weighted by Gasteiger charge is -2.22. The number of aromatic amines is 1. The molecule has 7 nitrogen and oxygen atoms in total. The average Bonchev–Trinajstić information content (AvgIpc) is 3.03. The van der Waals surface area contributed by atoms with Crippen molar-refractivity contribution >= 4 is 23.0 Å². The van der Waals surface area contributed by atoms with Gasteiger partial charge in [0.1, 0.15) is 5.82 Å². The first-order chi connectivity index (χ1) is 12.0. The van der Waals surface area contributed by atoms with Crippen molar-refractivity contribution in [3.05, 3.63) is 30.1 Å². The van der Waals surface area contributed by atoms with Gasteiger partial charge in [-0.25, -0.2) is 9.78 Å². The zero-order valence-corrected chi connectivity index (χ0v) is 15.0. The fourth-order valence-corrected chi connectivity index (χ4v) is 2.54. The minimum Gasteiger partial charge on any atom is -0.450 e. The third-order valence-corrected chi connectivity index (χ3v) is 4.13. The number of imidazole rings is 1. The highest BCUT2D eigenvalue weighted by Gasteiger charge is 2.23. The maximum atomic E-state index is 12.3. The molecule has 0 radical (unpaired) electrons. The Balaban J connectivity index is 2.00. The second-order valence-electron chi connectivity index (χ2n) is 5.97. The molecule has 1 heterocycles. The molecule has 0 saturated carbocycles. The van der Waals surface area contributed by atoms with E-state index in [-0.39, 0.29) is 30.8 Å². The Morgan fingerprint density at radius 3 is 2.72 bits per heavy atom. The van der Waals surface area contributed by atoms with Gasteiger partial charge in [-0.3, -0.25) is 4.79 Å². The van der Waals surface area contributed by atoms with Crippen molar-refractivity contribution in [2.24, 2.45) is 5.92 Å². The van der Waals surface area contributed by atoms with E-state index in [1.807, 2.05) is 24.3 Å². The average molecular weight is 346 g/mol. The van der Waals surface area contributed by atoms with E-state index >= 15 is 0 Å². The standard InChI is InChI=1S/C18H26N4O3/c1-4-12(3)16(17-20-13-8-6-7-9-14(13)21-17)22-15(23)10-11-19-18(24)25-5-2/h6-9,12,16H,4-5,10-11H2,1-3H3,(H,19,24)(H,20,21)(H,22,23)/t12-,16+/m1/s1. The van der Waals surface area contributed by atoms with Crippen LogP contribution < -0.4 is 10.6 Å². The normalized spacial score (nSPS) is 13.2. The molecule has 25 heavy (non-hydrogen) atoms. The molecule has 0 aliphatic carbocycles. The number of rotatable bonds is 8. The number of amides is 2. The summed E-state index contributed by atoms with van der Waals surface area (Å²) >= 11 is 0. The van der Waals surface area contributed by atoms with Crippen LogP contribution in [0.3, 0.4) is 0 Å². The molecule has 2 atom stereocenters. The Hall–Kier alpha value is -2.57. The van der Waals surface area contributed by atoms with Crippen LogP contribution >= 0.6 is 0 Å². The summed E-state index contributed by atoms with van der Waals surface area (Å²) in [6.45, 7) is 6.43. The molecular formula is C18H26N4O3. The van der Waals surface area contributed by atoms with Crippen LogP contribution in [0.25, 0.3) is 11.0 Å². The second-order valence-corrected chi connectivity index (χ2v) is 5.97. The molecule has 2 aromatic rings. The largest absolute Gasteiger partial charge is 0.450 e. The van der Waals surface area contributed by atoms with Crippen LogP contribution in [0.15, 0.2) is 24.3 Å². The number of carbonyl (C=O) groups excluding carboxylic acids is 2. The number of fused-ring (bicyclic) bond motifs is 1. The zero-order chi connectivity index (χ0) is 18.2. The van der Waals surface area contributed by atoms with Gasteiger partial charge in [-0.15, -0.1) is 0 Å². The monoisotopic (exact) mass is 346 g/mol. The summed E-state index contributed by atoms with van der Waals surface area (Å²) in [6, 6.07) is 7.58. The Morgan fingerprint density at radius 1 is 1.28 bits per heavy atom. The molecule has 136 valence electrons. The van der Waals surface area contributed by atoms with Crippen molar-refractivity contribution < 1.29 is 14.3 Å². The Bertz CT molecular complexity index is 680. The molecule has 1 aromatic carbocycles. The molecule has 2 rings (SSSR count). The van der Waals surface area contributed by atoms with Gasteiger partial charge >= 0.3 is 6.09 Å². The number of hydrogen-bond acceptors (Lipinski definition) is 4. The highest BCUT2D eigenvalue weighted by atomic mass is 16.5. The van der Waals surface area contributed by atoms with E-state index in [1.54, 1.807) is 6.92 Å². The summed E-state index contributed by atoms with van der Waals surface area (Å²) in [7, 11) is 0. The van der Waals surface area contributed by atoms with E-state index in [1.165, 1.54) is 0 Å². The number of ether oxygens (including phenoxy) is 1. The lowest BCUT2D eigenvalue weighted by Crippen LogP contribution is -2.36. The van der Waals surface area contributed by atoms with Crippen molar-refractivity contribution in [2.75, 3.05) is 13.2 Å². The van der Waals surface area contributed by atoms with Gasteiger partial charge in [-0.2, -0.15) is 0 Å². The summed E-state index contributed by atoms with van der Waals surface area (Å²) in [6.07, 6.45) is 0.584. The van der Waals surface area contributed by atoms with E-state index in [0.29, 0.717) is 6.61 Å². The van der Waals surface area contributed by atoms with Gasteiger partial charge in [-0.1, -0.05) is 32.4 Å². The molecule has 0 aliphatic heterocycles. The number of hydrogen-bond donors (Lipinski definition) is 3. The highest BCUT2D eigenvalue weighted by molar-refractivity contribution is 5.78. The molecule has 7 heteroatoms. The van der Waals surface area contributed by atoms with Crippen LogP contribution in [0.5, 0.6) is 0 Å². The predicted octanol–water partition coefficient (Wildman–Crippen LogP) is 2.90. The van der Waals surface area contributed by atoms with Gasteiger partial charge in [0.15, 0.2) is 0 Å². The van der Waals surface area contributed by atoms with Crippen molar-refractivity contribution in [1.82, 2.24) is 20.6 Å². The Labute approximate surface area is 147 Å². The first-order valence-corrected chi connectivity index (χ1v) is 8.69.